The smallest absolute Gasteiger partial charge is 0.410 e. The maximum atomic E-state index is 12.7. The van der Waals surface area contributed by atoms with Crippen molar-refractivity contribution in [1.82, 2.24) is 9.88 Å². The molecule has 1 amide bonds. The zero-order chi connectivity index (χ0) is 24.6. The molecule has 6 nitrogen and oxygen atoms in total. The standard InChI is InChI=1S/C28H39N3O3/c1-6-9-21-10-12-22(13-11-21)28(33,23-16-24(18-29-17-23)30-14-7-8-15-30)27(5)19-31(20-27)25(32)34-26(2,3)4/h10-13,16-18,33H,6-9,14-15,19-20H2,1-5H3. The second-order valence-corrected chi connectivity index (χ2v) is 11.2. The fourth-order valence-corrected chi connectivity index (χ4v) is 5.32. The molecule has 34 heavy (non-hydrogen) atoms. The lowest BCUT2D eigenvalue weighted by Gasteiger charge is -2.56. The van der Waals surface area contributed by atoms with Gasteiger partial charge in [0.1, 0.15) is 11.2 Å². The molecule has 1 unspecified atom stereocenters. The van der Waals surface area contributed by atoms with Gasteiger partial charge >= 0.3 is 6.09 Å². The first-order chi connectivity index (χ1) is 16.1. The monoisotopic (exact) mass is 465 g/mol. The van der Waals surface area contributed by atoms with Crippen molar-refractivity contribution in [3.8, 4) is 0 Å². The van der Waals surface area contributed by atoms with Crippen LogP contribution in [0, 0.1) is 5.41 Å². The second kappa shape index (κ2) is 9.21. The van der Waals surface area contributed by atoms with Crippen molar-refractivity contribution in [3.05, 3.63) is 59.4 Å². The Labute approximate surface area is 203 Å². The minimum Gasteiger partial charge on any atom is -0.444 e. The highest BCUT2D eigenvalue weighted by molar-refractivity contribution is 5.70. The van der Waals surface area contributed by atoms with Crippen molar-refractivity contribution >= 4 is 11.8 Å². The summed E-state index contributed by atoms with van der Waals surface area (Å²) in [5.41, 5.74) is 1.48. The third-order valence-electron chi connectivity index (χ3n) is 7.13. The van der Waals surface area contributed by atoms with Crippen LogP contribution < -0.4 is 4.90 Å². The summed E-state index contributed by atoms with van der Waals surface area (Å²) >= 11 is 0. The number of hydrogen-bond acceptors (Lipinski definition) is 5. The van der Waals surface area contributed by atoms with Gasteiger partial charge in [-0.2, -0.15) is 0 Å². The molecule has 0 aliphatic carbocycles. The van der Waals surface area contributed by atoms with Gasteiger partial charge in [-0.15, -0.1) is 0 Å². The van der Waals surface area contributed by atoms with E-state index in [1.165, 1.54) is 18.4 Å². The average molecular weight is 466 g/mol. The molecule has 0 radical (unpaired) electrons. The molecular weight excluding hydrogens is 426 g/mol. The van der Waals surface area contributed by atoms with E-state index in [-0.39, 0.29) is 6.09 Å². The highest BCUT2D eigenvalue weighted by atomic mass is 16.6. The Morgan fingerprint density at radius 3 is 2.32 bits per heavy atom. The van der Waals surface area contributed by atoms with Crippen LogP contribution in [-0.2, 0) is 16.8 Å². The van der Waals surface area contributed by atoms with E-state index in [4.69, 9.17) is 4.74 Å². The van der Waals surface area contributed by atoms with E-state index in [0.29, 0.717) is 13.1 Å². The highest BCUT2D eigenvalue weighted by Gasteiger charge is 2.58. The van der Waals surface area contributed by atoms with E-state index in [0.717, 1.165) is 42.7 Å². The van der Waals surface area contributed by atoms with Crippen molar-refractivity contribution < 1.29 is 14.6 Å². The molecule has 184 valence electrons. The van der Waals surface area contributed by atoms with Gasteiger partial charge in [0.2, 0.25) is 0 Å². The minimum atomic E-state index is -1.29. The fraction of sp³-hybridized carbons (Fsp3) is 0.571. The van der Waals surface area contributed by atoms with E-state index in [2.05, 4.69) is 41.9 Å². The summed E-state index contributed by atoms with van der Waals surface area (Å²) < 4.78 is 5.57. The number of carbonyl (C=O) groups is 1. The maximum absolute atomic E-state index is 12.7. The Morgan fingerprint density at radius 1 is 1.09 bits per heavy atom. The van der Waals surface area contributed by atoms with E-state index < -0.39 is 16.6 Å². The van der Waals surface area contributed by atoms with Gasteiger partial charge in [-0.1, -0.05) is 44.5 Å². The van der Waals surface area contributed by atoms with E-state index >= 15 is 0 Å². The van der Waals surface area contributed by atoms with Crippen molar-refractivity contribution in [2.45, 2.75) is 71.5 Å². The molecule has 0 saturated carbocycles. The average Bonchev–Trinajstić information content (AvgIpc) is 3.31. The Hall–Kier alpha value is -2.60. The summed E-state index contributed by atoms with van der Waals surface area (Å²) in [4.78, 5) is 21.2. The van der Waals surface area contributed by atoms with Crippen molar-refractivity contribution in [2.75, 3.05) is 31.1 Å². The van der Waals surface area contributed by atoms with Gasteiger partial charge in [0.25, 0.3) is 0 Å². The Bertz CT molecular complexity index is 1000. The predicted molar refractivity (Wildman–Crippen MR) is 135 cm³/mol. The molecule has 6 heteroatoms. The number of anilines is 1. The Morgan fingerprint density at radius 2 is 1.74 bits per heavy atom. The largest absolute Gasteiger partial charge is 0.444 e. The van der Waals surface area contributed by atoms with Gasteiger partial charge in [0, 0.05) is 43.4 Å². The number of aromatic nitrogens is 1. The number of benzene rings is 1. The summed E-state index contributed by atoms with van der Waals surface area (Å²) in [6.45, 7) is 12.7. The predicted octanol–water partition coefficient (Wildman–Crippen LogP) is 5.13. The molecule has 2 saturated heterocycles. The molecule has 1 aromatic carbocycles. The molecule has 1 N–H and O–H groups in total. The molecule has 0 bridgehead atoms. The van der Waals surface area contributed by atoms with Crippen LogP contribution in [0.25, 0.3) is 0 Å². The van der Waals surface area contributed by atoms with Crippen LogP contribution >= 0.6 is 0 Å². The van der Waals surface area contributed by atoms with Crippen LogP contribution in [0.2, 0.25) is 0 Å². The van der Waals surface area contributed by atoms with Crippen LogP contribution in [0.3, 0.4) is 0 Å². The number of aryl methyl sites for hydroxylation is 1. The van der Waals surface area contributed by atoms with Crippen molar-refractivity contribution in [3.63, 3.8) is 0 Å². The van der Waals surface area contributed by atoms with Crippen molar-refractivity contribution in [1.29, 1.82) is 0 Å². The third kappa shape index (κ3) is 4.65. The fourth-order valence-electron chi connectivity index (χ4n) is 5.32. The first kappa shape index (κ1) is 24.5. The number of nitrogens with zero attached hydrogens (tertiary/aromatic N) is 3. The third-order valence-corrected chi connectivity index (χ3v) is 7.13. The molecule has 2 aromatic rings. The topological polar surface area (TPSA) is 65.9 Å². The number of aliphatic hydroxyl groups is 1. The molecule has 2 aliphatic heterocycles. The summed E-state index contributed by atoms with van der Waals surface area (Å²) in [5, 5.41) is 12.5. The summed E-state index contributed by atoms with van der Waals surface area (Å²) in [6.07, 6.45) is 7.76. The summed E-state index contributed by atoms with van der Waals surface area (Å²) in [6, 6.07) is 10.4. The summed E-state index contributed by atoms with van der Waals surface area (Å²) in [5.74, 6) is 0. The van der Waals surface area contributed by atoms with Gasteiger partial charge in [0.05, 0.1) is 11.9 Å². The zero-order valence-electron chi connectivity index (χ0n) is 21.3. The number of hydrogen-bond donors (Lipinski definition) is 1. The summed E-state index contributed by atoms with van der Waals surface area (Å²) in [7, 11) is 0. The van der Waals surface area contributed by atoms with Crippen LogP contribution in [-0.4, -0.2) is 52.9 Å². The minimum absolute atomic E-state index is 0.338. The molecule has 1 atom stereocenters. The van der Waals surface area contributed by atoms with Crippen LogP contribution in [0.1, 0.15) is 70.6 Å². The van der Waals surface area contributed by atoms with E-state index in [1.54, 1.807) is 11.1 Å². The lowest BCUT2D eigenvalue weighted by molar-refractivity contribution is -0.131. The normalized spacial score (nSPS) is 19.5. The van der Waals surface area contributed by atoms with Gasteiger partial charge < -0.3 is 19.6 Å². The first-order valence-electron chi connectivity index (χ1n) is 12.6. The maximum Gasteiger partial charge on any atom is 0.410 e. The quantitative estimate of drug-likeness (QED) is 0.641. The Kier molecular flexibility index (Phi) is 6.65. The van der Waals surface area contributed by atoms with E-state index in [9.17, 15) is 9.90 Å². The van der Waals surface area contributed by atoms with E-state index in [1.807, 2.05) is 39.1 Å². The van der Waals surface area contributed by atoms with Gasteiger partial charge in [-0.05, 0) is 57.2 Å². The van der Waals surface area contributed by atoms with Crippen LogP contribution in [0.5, 0.6) is 0 Å². The highest BCUT2D eigenvalue weighted by Crippen LogP contribution is 2.51. The molecule has 4 rings (SSSR count). The second-order valence-electron chi connectivity index (χ2n) is 11.2. The van der Waals surface area contributed by atoms with Crippen molar-refractivity contribution in [2.24, 2.45) is 5.41 Å². The molecular formula is C28H39N3O3. The number of carbonyl (C=O) groups excluding carboxylic acids is 1. The van der Waals surface area contributed by atoms with Gasteiger partial charge in [0.15, 0.2) is 0 Å². The molecule has 3 heterocycles. The van der Waals surface area contributed by atoms with Gasteiger partial charge in [-0.25, -0.2) is 4.79 Å². The zero-order valence-corrected chi connectivity index (χ0v) is 21.3. The lowest BCUT2D eigenvalue weighted by Crippen LogP contribution is -2.66. The molecule has 1 aromatic heterocycles. The Balaban J connectivity index is 1.69. The number of likely N-dealkylation sites (tertiary alicyclic amines) is 1. The molecule has 2 fully saturated rings. The first-order valence-corrected chi connectivity index (χ1v) is 12.6. The SMILES string of the molecule is CCCc1ccc(C(O)(c2cncc(N3CCCC3)c2)C2(C)CN(C(=O)OC(C)(C)C)C2)cc1. The number of amides is 1. The number of rotatable bonds is 6. The number of pyridine rings is 1. The molecule has 2 aliphatic rings. The lowest BCUT2D eigenvalue weighted by atomic mass is 9.62. The number of ether oxygens (including phenoxy) is 1. The van der Waals surface area contributed by atoms with Crippen LogP contribution in [0.4, 0.5) is 10.5 Å². The van der Waals surface area contributed by atoms with Crippen LogP contribution in [0.15, 0.2) is 42.7 Å². The molecule has 0 spiro atoms. The van der Waals surface area contributed by atoms with Gasteiger partial charge in [-0.3, -0.25) is 4.98 Å².